The number of thiophene rings is 1. The second-order valence-electron chi connectivity index (χ2n) is 3.87. The van der Waals surface area contributed by atoms with Gasteiger partial charge in [0.1, 0.15) is 4.83 Å². The van der Waals surface area contributed by atoms with Crippen LogP contribution in [0.25, 0.3) is 10.2 Å². The quantitative estimate of drug-likeness (QED) is 0.488. The summed E-state index contributed by atoms with van der Waals surface area (Å²) in [6, 6.07) is 0. The molecule has 6 heteroatoms. The maximum Gasteiger partial charge on any atom is 0.223 e. The molecule has 2 aromatic heterocycles. The number of nitrogens with zero attached hydrogens (tertiary/aromatic N) is 2. The molecule has 3 nitrogen and oxygen atoms in total. The molecule has 0 aliphatic heterocycles. The van der Waals surface area contributed by atoms with E-state index in [4.69, 9.17) is 17.0 Å². The van der Waals surface area contributed by atoms with Crippen molar-refractivity contribution in [1.82, 2.24) is 9.97 Å². The van der Waals surface area contributed by atoms with Crippen molar-refractivity contribution in [2.24, 2.45) is 0 Å². The van der Waals surface area contributed by atoms with E-state index < -0.39 is 0 Å². The molecule has 0 saturated carbocycles. The van der Waals surface area contributed by atoms with E-state index in [-0.39, 0.29) is 5.92 Å². The van der Waals surface area contributed by atoms with Gasteiger partial charge < -0.3 is 5.41 Å². The fourth-order valence-electron chi connectivity index (χ4n) is 1.72. The molecule has 2 rings (SSSR count). The summed E-state index contributed by atoms with van der Waals surface area (Å²) in [5, 5.41) is 8.60. The number of halogens is 2. The minimum atomic E-state index is 0.193. The maximum atomic E-state index is 7.20. The van der Waals surface area contributed by atoms with Gasteiger partial charge in [-0.3, -0.25) is 0 Å². The highest BCUT2D eigenvalue weighted by molar-refractivity contribution is 14.1. The van der Waals surface area contributed by atoms with Crippen LogP contribution >= 0.6 is 45.5 Å². The third kappa shape index (κ3) is 2.46. The van der Waals surface area contributed by atoms with E-state index in [1.807, 2.05) is 0 Å². The molecule has 0 fully saturated rings. The zero-order chi connectivity index (χ0) is 12.6. The van der Waals surface area contributed by atoms with Crippen LogP contribution in [-0.2, 0) is 0 Å². The molecule has 0 saturated heterocycles. The summed E-state index contributed by atoms with van der Waals surface area (Å²) < 4.78 is 1.20. The smallest absolute Gasteiger partial charge is 0.223 e. The zero-order valence-electron chi connectivity index (χ0n) is 9.42. The molecule has 90 valence electrons. The Morgan fingerprint density at radius 3 is 2.88 bits per heavy atom. The van der Waals surface area contributed by atoms with Crippen molar-refractivity contribution in [1.29, 1.82) is 5.41 Å². The molecule has 0 spiro atoms. The van der Waals surface area contributed by atoms with E-state index >= 15 is 0 Å². The van der Waals surface area contributed by atoms with Crippen molar-refractivity contribution >= 4 is 62.0 Å². The van der Waals surface area contributed by atoms with Gasteiger partial charge in [-0.25, -0.2) is 9.97 Å². The number of aryl methyl sites for hydroxylation is 1. The Morgan fingerprint density at radius 2 is 2.24 bits per heavy atom. The molecule has 0 aliphatic rings. The Balaban J connectivity index is 2.71. The van der Waals surface area contributed by atoms with Crippen LogP contribution in [0.3, 0.4) is 0 Å². The molecule has 2 heterocycles. The SMILES string of the molecule is Cc1sc2nc(Cl)nc([C@H](C)CC=N)c2c1I. The largest absolute Gasteiger partial charge is 0.313 e. The van der Waals surface area contributed by atoms with E-state index in [9.17, 15) is 0 Å². The molecular weight excluding hydrogens is 369 g/mol. The molecule has 17 heavy (non-hydrogen) atoms. The van der Waals surface area contributed by atoms with E-state index in [0.29, 0.717) is 11.7 Å². The van der Waals surface area contributed by atoms with Gasteiger partial charge in [0.15, 0.2) is 0 Å². The molecule has 0 bridgehead atoms. The van der Waals surface area contributed by atoms with Crippen molar-refractivity contribution in [2.45, 2.75) is 26.2 Å². The number of aromatic nitrogens is 2. The maximum absolute atomic E-state index is 7.20. The monoisotopic (exact) mass is 379 g/mol. The van der Waals surface area contributed by atoms with Crippen LogP contribution in [0.1, 0.15) is 29.8 Å². The van der Waals surface area contributed by atoms with Gasteiger partial charge in [-0.05, 0) is 53.8 Å². The molecule has 0 amide bonds. The van der Waals surface area contributed by atoms with Gasteiger partial charge in [0.2, 0.25) is 5.28 Å². The number of fused-ring (bicyclic) bond motifs is 1. The van der Waals surface area contributed by atoms with Crippen molar-refractivity contribution in [3.63, 3.8) is 0 Å². The van der Waals surface area contributed by atoms with Crippen LogP contribution in [0.4, 0.5) is 0 Å². The van der Waals surface area contributed by atoms with Crippen LogP contribution in [0.5, 0.6) is 0 Å². The summed E-state index contributed by atoms with van der Waals surface area (Å²) in [5.74, 6) is 0.193. The standard InChI is InChI=1S/C11H11ClIN3S/c1-5(3-4-14)9-7-8(13)6(2)17-10(7)16-11(12)15-9/h4-5,14H,3H2,1-2H3/t5-/m1/s1. The number of nitrogens with one attached hydrogen (secondary N) is 1. The molecule has 0 aromatic carbocycles. The van der Waals surface area contributed by atoms with E-state index in [2.05, 4.69) is 46.4 Å². The Hall–Kier alpha value is -0.270. The lowest BCUT2D eigenvalue weighted by Crippen LogP contribution is -2.00. The molecule has 0 unspecified atom stereocenters. The molecule has 1 N–H and O–H groups in total. The predicted octanol–water partition coefficient (Wildman–Crippen LogP) is 4.40. The molecule has 2 aromatic rings. The van der Waals surface area contributed by atoms with E-state index in [1.165, 1.54) is 14.7 Å². The third-order valence-electron chi connectivity index (χ3n) is 2.59. The predicted molar refractivity (Wildman–Crippen MR) is 81.7 cm³/mol. The highest BCUT2D eigenvalue weighted by Gasteiger charge is 2.18. The van der Waals surface area contributed by atoms with Crippen molar-refractivity contribution in [3.8, 4) is 0 Å². The lowest BCUT2D eigenvalue weighted by atomic mass is 10.0. The van der Waals surface area contributed by atoms with Crippen molar-refractivity contribution in [2.75, 3.05) is 0 Å². The number of hydrogen-bond acceptors (Lipinski definition) is 4. The Bertz CT molecular complexity index is 582. The van der Waals surface area contributed by atoms with Crippen LogP contribution in [0.2, 0.25) is 5.28 Å². The molecular formula is C11H11ClIN3S. The highest BCUT2D eigenvalue weighted by Crippen LogP contribution is 2.36. The lowest BCUT2D eigenvalue weighted by Gasteiger charge is -2.09. The van der Waals surface area contributed by atoms with E-state index in [1.54, 1.807) is 11.3 Å². The Morgan fingerprint density at radius 1 is 1.53 bits per heavy atom. The van der Waals surface area contributed by atoms with Crippen molar-refractivity contribution < 1.29 is 0 Å². The minimum Gasteiger partial charge on any atom is -0.313 e. The fraction of sp³-hybridized carbons (Fsp3) is 0.364. The summed E-state index contributed by atoms with van der Waals surface area (Å²) in [7, 11) is 0. The number of rotatable bonds is 3. The lowest BCUT2D eigenvalue weighted by molar-refractivity contribution is 0.781. The Labute approximate surface area is 122 Å². The fourth-order valence-corrected chi connectivity index (χ4v) is 3.91. The van der Waals surface area contributed by atoms with E-state index in [0.717, 1.165) is 15.9 Å². The average molecular weight is 380 g/mol. The van der Waals surface area contributed by atoms with Gasteiger partial charge >= 0.3 is 0 Å². The van der Waals surface area contributed by atoms with Gasteiger partial charge in [0.25, 0.3) is 0 Å². The van der Waals surface area contributed by atoms with Crippen LogP contribution < -0.4 is 0 Å². The second-order valence-corrected chi connectivity index (χ2v) is 6.49. The summed E-state index contributed by atoms with van der Waals surface area (Å²) in [6.45, 7) is 4.14. The topological polar surface area (TPSA) is 49.6 Å². The van der Waals surface area contributed by atoms with Gasteiger partial charge in [-0.15, -0.1) is 11.3 Å². The normalized spacial score (nSPS) is 12.9. The third-order valence-corrected chi connectivity index (χ3v) is 5.48. The summed E-state index contributed by atoms with van der Waals surface area (Å²) in [5.41, 5.74) is 0.956. The second kappa shape index (κ2) is 5.16. The first-order valence-corrected chi connectivity index (χ1v) is 7.43. The highest BCUT2D eigenvalue weighted by atomic mass is 127. The van der Waals surface area contributed by atoms with Crippen LogP contribution in [0.15, 0.2) is 0 Å². The first kappa shape index (κ1) is 13.2. The Kier molecular flexibility index (Phi) is 3.99. The van der Waals surface area contributed by atoms with Crippen molar-refractivity contribution in [3.05, 3.63) is 19.4 Å². The first-order valence-electron chi connectivity index (χ1n) is 5.15. The molecule has 1 atom stereocenters. The van der Waals surface area contributed by atoms with Gasteiger partial charge in [0.05, 0.1) is 5.69 Å². The minimum absolute atomic E-state index is 0.193. The van der Waals surface area contributed by atoms with Gasteiger partial charge in [0, 0.05) is 19.8 Å². The van der Waals surface area contributed by atoms with Crippen LogP contribution in [0, 0.1) is 15.9 Å². The molecule has 0 radical (unpaired) electrons. The summed E-state index contributed by atoms with van der Waals surface area (Å²) >= 11 is 9.92. The first-order chi connectivity index (χ1) is 8.04. The van der Waals surface area contributed by atoms with Gasteiger partial charge in [-0.1, -0.05) is 6.92 Å². The summed E-state index contributed by atoms with van der Waals surface area (Å²) in [6.07, 6.45) is 2.09. The average Bonchev–Trinajstić information content (AvgIpc) is 2.54. The van der Waals surface area contributed by atoms with Crippen LogP contribution in [-0.4, -0.2) is 16.2 Å². The summed E-state index contributed by atoms with van der Waals surface area (Å²) in [4.78, 5) is 10.8. The van der Waals surface area contributed by atoms with Gasteiger partial charge in [-0.2, -0.15) is 0 Å². The number of hydrogen-bond donors (Lipinski definition) is 1. The zero-order valence-corrected chi connectivity index (χ0v) is 13.2. The molecule has 0 aliphatic carbocycles.